The summed E-state index contributed by atoms with van der Waals surface area (Å²) < 4.78 is 33.6. The van der Waals surface area contributed by atoms with E-state index in [1.54, 1.807) is 10.8 Å². The van der Waals surface area contributed by atoms with Crippen LogP contribution in [0.25, 0.3) is 0 Å². The number of nitrogens with one attached hydrogen (secondary N) is 1. The molecular weight excluding hydrogens is 461 g/mol. The van der Waals surface area contributed by atoms with E-state index in [1.165, 1.54) is 36.5 Å². The van der Waals surface area contributed by atoms with Gasteiger partial charge in [-0.25, -0.2) is 9.48 Å². The number of rotatable bonds is 10. The van der Waals surface area contributed by atoms with E-state index in [0.717, 1.165) is 18.0 Å². The van der Waals surface area contributed by atoms with Crippen molar-refractivity contribution in [3.63, 3.8) is 0 Å². The SMILES string of the molecule is Cc1c(C(=O)NCCSSCCC(=O)O)nnn1CC1CCCC1.O=C(O)C(F)(F)F. The van der Waals surface area contributed by atoms with Crippen LogP contribution in [0.2, 0.25) is 0 Å². The summed E-state index contributed by atoms with van der Waals surface area (Å²) in [5.74, 6) is -1.78. The fourth-order valence-electron chi connectivity index (χ4n) is 2.72. The lowest BCUT2D eigenvalue weighted by atomic mass is 10.1. The molecule has 1 fully saturated rings. The van der Waals surface area contributed by atoms with Gasteiger partial charge in [0, 0.05) is 24.6 Å². The third kappa shape index (κ3) is 10.8. The number of carboxylic acid groups (broad SMARTS) is 2. The maximum absolute atomic E-state index is 12.2. The monoisotopic (exact) mass is 486 g/mol. The lowest BCUT2D eigenvalue weighted by Gasteiger charge is -2.09. The summed E-state index contributed by atoms with van der Waals surface area (Å²) in [7, 11) is 3.07. The molecule has 14 heteroatoms. The van der Waals surface area contributed by atoms with E-state index >= 15 is 0 Å². The Morgan fingerprint density at radius 2 is 1.74 bits per heavy atom. The van der Waals surface area contributed by atoms with Gasteiger partial charge in [-0.1, -0.05) is 39.6 Å². The van der Waals surface area contributed by atoms with Crippen molar-refractivity contribution in [1.82, 2.24) is 20.3 Å². The predicted octanol–water partition coefficient (Wildman–Crippen LogP) is 3.00. The van der Waals surface area contributed by atoms with E-state index in [2.05, 4.69) is 15.6 Å². The number of carbonyl (C=O) groups is 3. The first-order valence-electron chi connectivity index (χ1n) is 9.47. The lowest BCUT2D eigenvalue weighted by molar-refractivity contribution is -0.192. The van der Waals surface area contributed by atoms with Crippen molar-refractivity contribution < 1.29 is 37.8 Å². The molecule has 0 radical (unpaired) electrons. The molecule has 0 aliphatic heterocycles. The van der Waals surface area contributed by atoms with E-state index in [9.17, 15) is 22.8 Å². The Labute approximate surface area is 184 Å². The summed E-state index contributed by atoms with van der Waals surface area (Å²) in [5.41, 5.74) is 1.22. The van der Waals surface area contributed by atoms with Crippen LogP contribution in [0.5, 0.6) is 0 Å². The second-order valence-electron chi connectivity index (χ2n) is 6.70. The number of nitrogens with zero attached hydrogens (tertiary/aromatic N) is 3. The van der Waals surface area contributed by atoms with Crippen LogP contribution in [-0.2, 0) is 16.1 Å². The first-order chi connectivity index (χ1) is 14.5. The Hall–Kier alpha value is -1.96. The predicted molar refractivity (Wildman–Crippen MR) is 110 cm³/mol. The molecule has 1 saturated carbocycles. The van der Waals surface area contributed by atoms with Crippen molar-refractivity contribution in [2.45, 2.75) is 51.7 Å². The zero-order valence-corrected chi connectivity index (χ0v) is 18.5. The Kier molecular flexibility index (Phi) is 11.7. The summed E-state index contributed by atoms with van der Waals surface area (Å²) in [6, 6.07) is 0. The van der Waals surface area contributed by atoms with Gasteiger partial charge in [-0.15, -0.1) is 5.10 Å². The molecule has 1 amide bonds. The molecule has 3 N–H and O–H groups in total. The number of hydrogen-bond acceptors (Lipinski definition) is 7. The molecule has 0 aromatic carbocycles. The largest absolute Gasteiger partial charge is 0.490 e. The fraction of sp³-hybridized carbons (Fsp3) is 0.706. The summed E-state index contributed by atoms with van der Waals surface area (Å²) >= 11 is 0. The van der Waals surface area contributed by atoms with Crippen LogP contribution in [0.15, 0.2) is 0 Å². The van der Waals surface area contributed by atoms with Crippen molar-refractivity contribution in [2.24, 2.45) is 5.92 Å². The maximum atomic E-state index is 12.2. The molecular formula is C17H25F3N4O5S2. The highest BCUT2D eigenvalue weighted by molar-refractivity contribution is 8.76. The fourth-order valence-corrected chi connectivity index (χ4v) is 4.60. The van der Waals surface area contributed by atoms with Crippen LogP contribution in [-0.4, -0.2) is 67.3 Å². The number of aliphatic carboxylic acids is 2. The normalized spacial score (nSPS) is 14.1. The van der Waals surface area contributed by atoms with Crippen molar-refractivity contribution in [1.29, 1.82) is 0 Å². The third-order valence-electron chi connectivity index (χ3n) is 4.30. The highest BCUT2D eigenvalue weighted by Crippen LogP contribution is 2.26. The van der Waals surface area contributed by atoms with Crippen molar-refractivity contribution in [3.05, 3.63) is 11.4 Å². The minimum atomic E-state index is -5.08. The molecule has 0 spiro atoms. The number of carbonyl (C=O) groups excluding carboxylic acids is 1. The Morgan fingerprint density at radius 1 is 1.16 bits per heavy atom. The summed E-state index contributed by atoms with van der Waals surface area (Å²) in [4.78, 5) is 31.5. The van der Waals surface area contributed by atoms with Gasteiger partial charge in [0.25, 0.3) is 5.91 Å². The van der Waals surface area contributed by atoms with Gasteiger partial charge in [-0.05, 0) is 25.7 Å². The number of amides is 1. The molecule has 1 aromatic rings. The molecule has 31 heavy (non-hydrogen) atoms. The Balaban J connectivity index is 0.000000592. The number of halogens is 3. The standard InChI is InChI=1S/C15H24N4O3S2.C2HF3O2/c1-11-14(17-18-19(11)10-12-4-2-3-5-12)15(22)16-7-9-24-23-8-6-13(20)21;3-2(4,5)1(6)7/h12H,2-10H2,1H3,(H,16,22)(H,20,21);(H,6,7). The molecule has 176 valence electrons. The summed E-state index contributed by atoms with van der Waals surface area (Å²) in [6.45, 7) is 3.26. The van der Waals surface area contributed by atoms with Gasteiger partial charge in [0.15, 0.2) is 5.69 Å². The molecule has 1 aliphatic rings. The molecule has 0 atom stereocenters. The van der Waals surface area contributed by atoms with Gasteiger partial charge < -0.3 is 15.5 Å². The first-order valence-corrected chi connectivity index (χ1v) is 12.0. The first kappa shape index (κ1) is 27.1. The van der Waals surface area contributed by atoms with Gasteiger partial charge in [0.1, 0.15) is 0 Å². The maximum Gasteiger partial charge on any atom is 0.490 e. The summed E-state index contributed by atoms with van der Waals surface area (Å²) in [6.07, 6.45) is 0.115. The number of carboxylic acids is 2. The number of alkyl halides is 3. The minimum Gasteiger partial charge on any atom is -0.481 e. The average Bonchev–Trinajstić information content (AvgIpc) is 3.31. The van der Waals surface area contributed by atoms with Crippen LogP contribution in [0.1, 0.15) is 48.3 Å². The van der Waals surface area contributed by atoms with E-state index in [4.69, 9.17) is 15.0 Å². The van der Waals surface area contributed by atoms with Gasteiger partial charge in [0.2, 0.25) is 0 Å². The molecule has 1 heterocycles. The summed E-state index contributed by atoms with van der Waals surface area (Å²) in [5, 5.41) is 26.7. The molecule has 1 aliphatic carbocycles. The molecule has 1 aromatic heterocycles. The van der Waals surface area contributed by atoms with Crippen LogP contribution < -0.4 is 5.32 Å². The van der Waals surface area contributed by atoms with Crippen LogP contribution >= 0.6 is 21.6 Å². The quantitative estimate of drug-likeness (QED) is 0.337. The van der Waals surface area contributed by atoms with Gasteiger partial charge in [0.05, 0.1) is 12.1 Å². The topological polar surface area (TPSA) is 134 Å². The Bertz CT molecular complexity index is 740. The lowest BCUT2D eigenvalue weighted by Crippen LogP contribution is -2.26. The second-order valence-corrected chi connectivity index (χ2v) is 9.40. The van der Waals surface area contributed by atoms with Gasteiger partial charge in [-0.3, -0.25) is 9.59 Å². The zero-order valence-electron chi connectivity index (χ0n) is 16.9. The van der Waals surface area contributed by atoms with Crippen molar-refractivity contribution >= 4 is 39.4 Å². The van der Waals surface area contributed by atoms with Crippen molar-refractivity contribution in [2.75, 3.05) is 18.1 Å². The van der Waals surface area contributed by atoms with E-state index in [0.29, 0.717) is 23.9 Å². The highest BCUT2D eigenvalue weighted by Gasteiger charge is 2.38. The van der Waals surface area contributed by atoms with Crippen LogP contribution in [0.4, 0.5) is 13.2 Å². The van der Waals surface area contributed by atoms with E-state index in [1.807, 2.05) is 11.6 Å². The third-order valence-corrected chi connectivity index (χ3v) is 6.71. The average molecular weight is 487 g/mol. The van der Waals surface area contributed by atoms with Crippen LogP contribution in [0, 0.1) is 12.8 Å². The number of aromatic nitrogens is 3. The molecule has 2 rings (SSSR count). The molecule has 0 bridgehead atoms. The number of hydrogen-bond donors (Lipinski definition) is 3. The van der Waals surface area contributed by atoms with Crippen LogP contribution in [0.3, 0.4) is 0 Å². The second kappa shape index (κ2) is 13.5. The van der Waals surface area contributed by atoms with Crippen molar-refractivity contribution in [3.8, 4) is 0 Å². The molecule has 9 nitrogen and oxygen atoms in total. The molecule has 0 unspecified atom stereocenters. The van der Waals surface area contributed by atoms with E-state index < -0.39 is 18.1 Å². The smallest absolute Gasteiger partial charge is 0.481 e. The van der Waals surface area contributed by atoms with E-state index in [-0.39, 0.29) is 12.3 Å². The molecule has 0 saturated heterocycles. The Morgan fingerprint density at radius 3 is 2.29 bits per heavy atom. The highest BCUT2D eigenvalue weighted by atomic mass is 33.1. The van der Waals surface area contributed by atoms with Gasteiger partial charge >= 0.3 is 18.1 Å². The minimum absolute atomic E-state index is 0.160. The zero-order chi connectivity index (χ0) is 23.4. The van der Waals surface area contributed by atoms with Gasteiger partial charge in [-0.2, -0.15) is 13.2 Å².